The Morgan fingerprint density at radius 3 is 2.80 bits per heavy atom. The lowest BCUT2D eigenvalue weighted by Crippen LogP contribution is -2.11. The molecule has 4 aromatic heterocycles. The molecule has 25 heavy (non-hydrogen) atoms. The predicted octanol–water partition coefficient (Wildman–Crippen LogP) is 0.890. The fourth-order valence-electron chi connectivity index (χ4n) is 2.28. The minimum absolute atomic E-state index is 0.286. The van der Waals surface area contributed by atoms with Crippen molar-refractivity contribution in [2.75, 3.05) is 5.32 Å². The predicted molar refractivity (Wildman–Crippen MR) is 89.5 cm³/mol. The maximum absolute atomic E-state index is 12.0. The summed E-state index contributed by atoms with van der Waals surface area (Å²) >= 11 is 0. The van der Waals surface area contributed by atoms with Crippen molar-refractivity contribution in [3.8, 4) is 17.2 Å². The first kappa shape index (κ1) is 14.8. The monoisotopic (exact) mass is 335 g/mol. The molecule has 0 atom stereocenters. The van der Waals surface area contributed by atoms with E-state index in [4.69, 9.17) is 0 Å². The molecular formula is C15H13N9O. The molecule has 0 saturated heterocycles. The fraction of sp³-hybridized carbons (Fsp3) is 0.0667. The van der Waals surface area contributed by atoms with Crippen LogP contribution in [0.2, 0.25) is 0 Å². The molecule has 0 saturated carbocycles. The molecule has 0 aromatic carbocycles. The normalized spacial score (nSPS) is 10.8. The second-order valence-electron chi connectivity index (χ2n) is 5.21. The van der Waals surface area contributed by atoms with Crippen LogP contribution in [0.4, 0.5) is 11.8 Å². The maximum Gasteiger partial charge on any atom is 0.252 e. The van der Waals surface area contributed by atoms with Crippen LogP contribution in [-0.4, -0.2) is 39.7 Å². The molecule has 0 fully saturated rings. The number of H-pyrrole nitrogens is 1. The van der Waals surface area contributed by atoms with Crippen molar-refractivity contribution in [3.63, 3.8) is 0 Å². The van der Waals surface area contributed by atoms with E-state index in [0.29, 0.717) is 23.0 Å². The van der Waals surface area contributed by atoms with Crippen LogP contribution < -0.4 is 10.9 Å². The van der Waals surface area contributed by atoms with Gasteiger partial charge in [0.05, 0.1) is 23.8 Å². The van der Waals surface area contributed by atoms with Crippen LogP contribution in [0, 0.1) is 0 Å². The fourth-order valence-corrected chi connectivity index (χ4v) is 2.28. The number of hydrogen-bond acceptors (Lipinski definition) is 7. The average molecular weight is 335 g/mol. The van der Waals surface area contributed by atoms with Crippen molar-refractivity contribution in [2.24, 2.45) is 7.05 Å². The van der Waals surface area contributed by atoms with Gasteiger partial charge in [0.1, 0.15) is 0 Å². The van der Waals surface area contributed by atoms with E-state index in [-0.39, 0.29) is 11.5 Å². The van der Waals surface area contributed by atoms with Gasteiger partial charge in [-0.1, -0.05) is 11.3 Å². The molecule has 0 radical (unpaired) electrons. The van der Waals surface area contributed by atoms with Gasteiger partial charge in [-0.25, -0.2) is 14.6 Å². The number of nitrogens with zero attached hydrogens (tertiary/aromatic N) is 7. The Morgan fingerprint density at radius 1 is 1.12 bits per heavy atom. The Morgan fingerprint density at radius 2 is 2.04 bits per heavy atom. The highest BCUT2D eigenvalue weighted by Crippen LogP contribution is 2.17. The van der Waals surface area contributed by atoms with Crippen LogP contribution in [0.3, 0.4) is 0 Å². The van der Waals surface area contributed by atoms with E-state index in [2.05, 4.69) is 35.7 Å². The number of pyridine rings is 1. The summed E-state index contributed by atoms with van der Waals surface area (Å²) in [5.74, 6) is 1.44. The first-order valence-corrected chi connectivity index (χ1v) is 7.39. The van der Waals surface area contributed by atoms with E-state index in [1.807, 2.05) is 6.07 Å². The Kier molecular flexibility index (Phi) is 3.54. The van der Waals surface area contributed by atoms with E-state index >= 15 is 0 Å². The van der Waals surface area contributed by atoms with Crippen LogP contribution in [0.5, 0.6) is 0 Å². The molecule has 0 spiro atoms. The third-order valence-corrected chi connectivity index (χ3v) is 3.36. The molecule has 0 amide bonds. The molecule has 10 nitrogen and oxygen atoms in total. The Bertz CT molecular complexity index is 1060. The smallest absolute Gasteiger partial charge is 0.252 e. The van der Waals surface area contributed by atoms with Gasteiger partial charge in [0.25, 0.3) is 5.56 Å². The number of aromatic nitrogens is 8. The van der Waals surface area contributed by atoms with Crippen LogP contribution in [-0.2, 0) is 7.05 Å². The number of anilines is 2. The molecule has 0 unspecified atom stereocenters. The summed E-state index contributed by atoms with van der Waals surface area (Å²) in [4.78, 5) is 23.5. The van der Waals surface area contributed by atoms with Crippen LogP contribution in [0.25, 0.3) is 17.2 Å². The van der Waals surface area contributed by atoms with Crippen molar-refractivity contribution in [3.05, 3.63) is 59.3 Å². The topological polar surface area (TPSA) is 119 Å². The zero-order valence-corrected chi connectivity index (χ0v) is 13.2. The molecule has 10 heteroatoms. The Labute approximate surface area is 141 Å². The zero-order valence-electron chi connectivity index (χ0n) is 13.2. The highest BCUT2D eigenvalue weighted by Gasteiger charge is 2.08. The first-order valence-electron chi connectivity index (χ1n) is 7.39. The molecule has 124 valence electrons. The Balaban J connectivity index is 1.71. The Hall–Kier alpha value is -3.82. The van der Waals surface area contributed by atoms with Gasteiger partial charge in [-0.05, 0) is 12.1 Å². The standard InChI is InChI=1S/C15H13N9O/c1-23-7-5-12(21-23)19-15-18-11(9-14(25)20-15)10-3-2-4-13(17-10)24-8-6-16-22-24/h2-9H,1H3,(H2,18,19,20,21,25). The highest BCUT2D eigenvalue weighted by molar-refractivity contribution is 5.58. The van der Waals surface area contributed by atoms with Gasteiger partial charge in [0, 0.05) is 25.4 Å². The van der Waals surface area contributed by atoms with E-state index in [0.717, 1.165) is 0 Å². The van der Waals surface area contributed by atoms with Gasteiger partial charge >= 0.3 is 0 Å². The van der Waals surface area contributed by atoms with E-state index in [1.54, 1.807) is 48.5 Å². The second-order valence-corrected chi connectivity index (χ2v) is 5.21. The third-order valence-electron chi connectivity index (χ3n) is 3.36. The van der Waals surface area contributed by atoms with Crippen molar-refractivity contribution in [2.45, 2.75) is 0 Å². The van der Waals surface area contributed by atoms with Crippen molar-refractivity contribution >= 4 is 11.8 Å². The minimum Gasteiger partial charge on any atom is -0.309 e. The molecule has 0 bridgehead atoms. The van der Waals surface area contributed by atoms with Gasteiger partial charge in [0.15, 0.2) is 11.6 Å². The maximum atomic E-state index is 12.0. The first-order chi connectivity index (χ1) is 12.2. The molecule has 4 heterocycles. The van der Waals surface area contributed by atoms with E-state index in [1.165, 1.54) is 10.7 Å². The van der Waals surface area contributed by atoms with Crippen LogP contribution in [0.1, 0.15) is 0 Å². The number of hydrogen-bond donors (Lipinski definition) is 2. The summed E-state index contributed by atoms with van der Waals surface area (Å²) in [7, 11) is 1.80. The molecule has 4 rings (SSSR count). The lowest BCUT2D eigenvalue weighted by atomic mass is 10.2. The molecular weight excluding hydrogens is 322 g/mol. The van der Waals surface area contributed by atoms with Crippen molar-refractivity contribution < 1.29 is 0 Å². The van der Waals surface area contributed by atoms with Gasteiger partial charge < -0.3 is 5.32 Å². The molecule has 2 N–H and O–H groups in total. The zero-order chi connectivity index (χ0) is 17.2. The summed E-state index contributed by atoms with van der Waals surface area (Å²) in [5, 5.41) is 14.8. The lowest BCUT2D eigenvalue weighted by Gasteiger charge is -2.06. The summed E-state index contributed by atoms with van der Waals surface area (Å²) in [5.41, 5.74) is 0.684. The third kappa shape index (κ3) is 3.13. The number of nitrogens with one attached hydrogen (secondary N) is 2. The van der Waals surface area contributed by atoms with Crippen LogP contribution >= 0.6 is 0 Å². The highest BCUT2D eigenvalue weighted by atomic mass is 16.1. The quantitative estimate of drug-likeness (QED) is 0.568. The number of rotatable bonds is 4. The lowest BCUT2D eigenvalue weighted by molar-refractivity contribution is 0.770. The van der Waals surface area contributed by atoms with E-state index < -0.39 is 0 Å². The largest absolute Gasteiger partial charge is 0.309 e. The minimum atomic E-state index is -0.295. The van der Waals surface area contributed by atoms with Gasteiger partial charge in [-0.3, -0.25) is 14.5 Å². The summed E-state index contributed by atoms with van der Waals surface area (Å²) in [6.07, 6.45) is 5.04. The van der Waals surface area contributed by atoms with Crippen molar-refractivity contribution in [1.82, 2.24) is 39.7 Å². The van der Waals surface area contributed by atoms with Crippen LogP contribution in [0.15, 0.2) is 53.7 Å². The van der Waals surface area contributed by atoms with Gasteiger partial charge in [-0.2, -0.15) is 5.10 Å². The van der Waals surface area contributed by atoms with E-state index in [9.17, 15) is 4.79 Å². The van der Waals surface area contributed by atoms with Gasteiger partial charge in [-0.15, -0.1) is 5.10 Å². The summed E-state index contributed by atoms with van der Waals surface area (Å²) < 4.78 is 3.18. The van der Waals surface area contributed by atoms with Gasteiger partial charge in [0.2, 0.25) is 5.95 Å². The van der Waals surface area contributed by atoms with Crippen molar-refractivity contribution in [1.29, 1.82) is 0 Å². The summed E-state index contributed by atoms with van der Waals surface area (Å²) in [6.45, 7) is 0. The summed E-state index contributed by atoms with van der Waals surface area (Å²) in [6, 6.07) is 8.53. The molecule has 0 aliphatic carbocycles. The number of aryl methyl sites for hydroxylation is 1. The average Bonchev–Trinajstić information content (AvgIpc) is 3.26. The number of aromatic amines is 1. The SMILES string of the molecule is Cn1ccc(Nc2nc(-c3cccc(-n4ccnn4)n3)cc(=O)[nH]2)n1. The molecule has 4 aromatic rings. The second kappa shape index (κ2) is 6.00. The molecule has 0 aliphatic heterocycles. The molecule has 0 aliphatic rings.